The number of hydrogen-bond donors (Lipinski definition) is 1. The van der Waals surface area contributed by atoms with Crippen molar-refractivity contribution >= 4 is 21.6 Å². The largest absolute Gasteiger partial charge is 0.379 e. The van der Waals surface area contributed by atoms with Gasteiger partial charge in [-0.1, -0.05) is 15.9 Å². The van der Waals surface area contributed by atoms with E-state index in [9.17, 15) is 0 Å². The maximum Gasteiger partial charge on any atom is 0.0597 e. The maximum absolute atomic E-state index is 4.44. The van der Waals surface area contributed by atoms with Crippen molar-refractivity contribution < 1.29 is 0 Å². The molecule has 0 aliphatic heterocycles. The number of hydrogen-bond acceptors (Lipinski definition) is 2. The van der Waals surface area contributed by atoms with Crippen molar-refractivity contribution in [2.45, 2.75) is 33.9 Å². The van der Waals surface area contributed by atoms with Crippen molar-refractivity contribution in [3.05, 3.63) is 45.7 Å². The molecule has 2 rings (SSSR count). The molecule has 18 heavy (non-hydrogen) atoms. The third kappa shape index (κ3) is 3.13. The van der Waals surface area contributed by atoms with Crippen LogP contribution in [0.2, 0.25) is 0 Å². The Labute approximate surface area is 116 Å². The first kappa shape index (κ1) is 13.1. The molecule has 0 aliphatic rings. The van der Waals surface area contributed by atoms with Crippen LogP contribution in [0.15, 0.2) is 28.7 Å². The first-order valence-electron chi connectivity index (χ1n) is 6.13. The Morgan fingerprint density at radius 1 is 1.22 bits per heavy atom. The van der Waals surface area contributed by atoms with Gasteiger partial charge < -0.3 is 5.32 Å². The molecule has 0 spiro atoms. The summed E-state index contributed by atoms with van der Waals surface area (Å²) in [5.41, 5.74) is 4.65. The minimum Gasteiger partial charge on any atom is -0.379 e. The van der Waals surface area contributed by atoms with Crippen LogP contribution in [0.4, 0.5) is 5.69 Å². The molecule has 4 heteroatoms. The van der Waals surface area contributed by atoms with E-state index in [1.165, 1.54) is 11.3 Å². The molecule has 2 aromatic rings. The molecule has 3 nitrogen and oxygen atoms in total. The molecule has 0 saturated carbocycles. The van der Waals surface area contributed by atoms with Gasteiger partial charge in [-0.15, -0.1) is 0 Å². The van der Waals surface area contributed by atoms with Crippen LogP contribution in [0.3, 0.4) is 0 Å². The lowest BCUT2D eigenvalue weighted by molar-refractivity contribution is 0.623. The van der Waals surface area contributed by atoms with Crippen LogP contribution >= 0.6 is 15.9 Å². The van der Waals surface area contributed by atoms with E-state index in [0.717, 1.165) is 28.9 Å². The van der Waals surface area contributed by atoms with E-state index < -0.39 is 0 Å². The molecule has 1 aromatic heterocycles. The van der Waals surface area contributed by atoms with Gasteiger partial charge in [0.1, 0.15) is 0 Å². The minimum atomic E-state index is 0.796. The summed E-state index contributed by atoms with van der Waals surface area (Å²) in [6.45, 7) is 7.93. The topological polar surface area (TPSA) is 29.9 Å². The predicted molar refractivity (Wildman–Crippen MR) is 78.8 cm³/mol. The zero-order valence-corrected chi connectivity index (χ0v) is 12.6. The third-order valence-corrected chi connectivity index (χ3v) is 3.26. The fourth-order valence-corrected chi connectivity index (χ4v) is 2.65. The summed E-state index contributed by atoms with van der Waals surface area (Å²) in [4.78, 5) is 0. The molecule has 0 saturated heterocycles. The van der Waals surface area contributed by atoms with Crippen molar-refractivity contribution in [3.63, 3.8) is 0 Å². The Morgan fingerprint density at radius 2 is 2.00 bits per heavy atom. The highest BCUT2D eigenvalue weighted by atomic mass is 79.9. The molecule has 0 fully saturated rings. The predicted octanol–water partition coefficient (Wildman–Crippen LogP) is 3.89. The van der Waals surface area contributed by atoms with E-state index in [1.54, 1.807) is 0 Å². The number of halogens is 1. The maximum atomic E-state index is 4.44. The van der Waals surface area contributed by atoms with Crippen LogP contribution in [0, 0.1) is 13.8 Å². The smallest absolute Gasteiger partial charge is 0.0597 e. The average Bonchev–Trinajstić information content (AvgIpc) is 2.66. The van der Waals surface area contributed by atoms with Crippen molar-refractivity contribution in [1.82, 2.24) is 9.78 Å². The standard InChI is InChI=1S/C14H18BrN3/c1-4-18-14(7-11(3)17-18)9-16-13-6-10(2)5-12(15)8-13/h5-8,16H,4,9H2,1-3H3. The van der Waals surface area contributed by atoms with E-state index in [0.29, 0.717) is 0 Å². The van der Waals surface area contributed by atoms with Gasteiger partial charge in [0.05, 0.1) is 17.9 Å². The Balaban J connectivity index is 2.11. The summed E-state index contributed by atoms with van der Waals surface area (Å²) in [5, 5.41) is 7.88. The summed E-state index contributed by atoms with van der Waals surface area (Å²) < 4.78 is 3.14. The number of anilines is 1. The average molecular weight is 308 g/mol. The summed E-state index contributed by atoms with van der Waals surface area (Å²) >= 11 is 3.51. The summed E-state index contributed by atoms with van der Waals surface area (Å²) in [6, 6.07) is 8.46. The van der Waals surface area contributed by atoms with Crippen LogP contribution in [-0.2, 0) is 13.1 Å². The Hall–Kier alpha value is -1.29. The van der Waals surface area contributed by atoms with Crippen LogP contribution in [0.5, 0.6) is 0 Å². The van der Waals surface area contributed by atoms with E-state index in [1.807, 2.05) is 11.6 Å². The number of benzene rings is 1. The van der Waals surface area contributed by atoms with Crippen LogP contribution in [0.1, 0.15) is 23.9 Å². The fraction of sp³-hybridized carbons (Fsp3) is 0.357. The Morgan fingerprint density at radius 3 is 2.67 bits per heavy atom. The zero-order valence-electron chi connectivity index (χ0n) is 11.0. The van der Waals surface area contributed by atoms with E-state index in [2.05, 4.69) is 64.5 Å². The Kier molecular flexibility index (Phi) is 4.07. The van der Waals surface area contributed by atoms with Gasteiger partial charge in [-0.2, -0.15) is 5.10 Å². The first-order valence-corrected chi connectivity index (χ1v) is 6.92. The van der Waals surface area contributed by atoms with Gasteiger partial charge >= 0.3 is 0 Å². The number of nitrogens with zero attached hydrogens (tertiary/aromatic N) is 2. The number of rotatable bonds is 4. The second-order valence-electron chi connectivity index (χ2n) is 4.46. The van der Waals surface area contributed by atoms with Gasteiger partial charge in [-0.25, -0.2) is 0 Å². The fourth-order valence-electron chi connectivity index (χ4n) is 2.05. The van der Waals surface area contributed by atoms with Gasteiger partial charge in [-0.3, -0.25) is 4.68 Å². The van der Waals surface area contributed by atoms with E-state index >= 15 is 0 Å². The monoisotopic (exact) mass is 307 g/mol. The minimum absolute atomic E-state index is 0.796. The van der Waals surface area contributed by atoms with E-state index in [-0.39, 0.29) is 0 Å². The van der Waals surface area contributed by atoms with Crippen molar-refractivity contribution in [3.8, 4) is 0 Å². The van der Waals surface area contributed by atoms with Gasteiger partial charge in [-0.05, 0) is 50.6 Å². The highest BCUT2D eigenvalue weighted by Crippen LogP contribution is 2.19. The lowest BCUT2D eigenvalue weighted by Crippen LogP contribution is -2.07. The molecular formula is C14H18BrN3. The molecule has 1 heterocycles. The molecule has 0 bridgehead atoms. The third-order valence-electron chi connectivity index (χ3n) is 2.80. The molecule has 0 atom stereocenters. The van der Waals surface area contributed by atoms with Gasteiger partial charge in [0, 0.05) is 16.7 Å². The van der Waals surface area contributed by atoms with E-state index in [4.69, 9.17) is 0 Å². The second kappa shape index (κ2) is 5.57. The Bertz CT molecular complexity index is 526. The lowest BCUT2D eigenvalue weighted by atomic mass is 10.2. The molecule has 1 aromatic carbocycles. The van der Waals surface area contributed by atoms with Crippen LogP contribution in [-0.4, -0.2) is 9.78 Å². The van der Waals surface area contributed by atoms with Crippen LogP contribution < -0.4 is 5.32 Å². The quantitative estimate of drug-likeness (QED) is 0.928. The van der Waals surface area contributed by atoms with Gasteiger partial charge in [0.2, 0.25) is 0 Å². The van der Waals surface area contributed by atoms with Crippen molar-refractivity contribution in [1.29, 1.82) is 0 Å². The SMILES string of the molecule is CCn1nc(C)cc1CNc1cc(C)cc(Br)c1. The van der Waals surface area contributed by atoms with Crippen LogP contribution in [0.25, 0.3) is 0 Å². The molecule has 0 aliphatic carbocycles. The van der Waals surface area contributed by atoms with Crippen molar-refractivity contribution in [2.75, 3.05) is 5.32 Å². The van der Waals surface area contributed by atoms with Crippen molar-refractivity contribution in [2.24, 2.45) is 0 Å². The number of aryl methyl sites for hydroxylation is 3. The molecule has 96 valence electrons. The van der Waals surface area contributed by atoms with Gasteiger partial charge in [0.15, 0.2) is 0 Å². The number of nitrogens with one attached hydrogen (secondary N) is 1. The highest BCUT2D eigenvalue weighted by molar-refractivity contribution is 9.10. The summed E-state index contributed by atoms with van der Waals surface area (Å²) in [7, 11) is 0. The zero-order chi connectivity index (χ0) is 13.1. The summed E-state index contributed by atoms with van der Waals surface area (Å²) in [5.74, 6) is 0. The van der Waals surface area contributed by atoms with Gasteiger partial charge in [0.25, 0.3) is 0 Å². The lowest BCUT2D eigenvalue weighted by Gasteiger charge is -2.09. The summed E-state index contributed by atoms with van der Waals surface area (Å²) in [6.07, 6.45) is 0. The highest BCUT2D eigenvalue weighted by Gasteiger charge is 2.04. The number of aromatic nitrogens is 2. The molecule has 1 N–H and O–H groups in total. The normalized spacial score (nSPS) is 10.7. The molecule has 0 unspecified atom stereocenters. The molecule has 0 radical (unpaired) electrons. The molecule has 0 amide bonds. The molecular weight excluding hydrogens is 290 g/mol. The second-order valence-corrected chi connectivity index (χ2v) is 5.38. The first-order chi connectivity index (χ1) is 8.58.